The number of rotatable bonds is 5. The summed E-state index contributed by atoms with van der Waals surface area (Å²) in [5.74, 6) is 1.15. The van der Waals surface area contributed by atoms with E-state index in [4.69, 9.17) is 4.74 Å². The second-order valence-corrected chi connectivity index (χ2v) is 6.04. The van der Waals surface area contributed by atoms with Crippen molar-refractivity contribution in [3.05, 3.63) is 78.6 Å². The Hall–Kier alpha value is -3.86. The highest BCUT2D eigenvalue weighted by atomic mass is 16.5. The molecule has 0 amide bonds. The lowest BCUT2D eigenvalue weighted by Crippen LogP contribution is -1.93. The lowest BCUT2D eigenvalue weighted by Gasteiger charge is -2.11. The molecule has 0 aliphatic heterocycles. The second-order valence-electron chi connectivity index (χ2n) is 6.04. The molecule has 4 aromatic rings. The number of allylic oxidation sites excluding steroid dienone is 1. The third-order valence-corrected chi connectivity index (χ3v) is 4.25. The van der Waals surface area contributed by atoms with E-state index in [1.807, 2.05) is 73.7 Å². The average molecular weight is 366 g/mol. The van der Waals surface area contributed by atoms with E-state index >= 15 is 0 Å². The van der Waals surface area contributed by atoms with Gasteiger partial charge in [0, 0.05) is 29.4 Å². The van der Waals surface area contributed by atoms with E-state index < -0.39 is 0 Å². The fourth-order valence-electron chi connectivity index (χ4n) is 3.00. The van der Waals surface area contributed by atoms with E-state index in [0.29, 0.717) is 11.6 Å². The molecule has 0 atom stereocenters. The number of aromatic nitrogens is 3. The van der Waals surface area contributed by atoms with Gasteiger partial charge in [0.1, 0.15) is 11.3 Å². The maximum absolute atomic E-state index is 6.09. The van der Waals surface area contributed by atoms with Gasteiger partial charge in [-0.25, -0.2) is 4.98 Å². The Labute approximate surface area is 163 Å². The monoisotopic (exact) mass is 366 g/mol. The Kier molecular flexibility index (Phi) is 4.89. The molecule has 3 heterocycles. The predicted molar refractivity (Wildman–Crippen MR) is 113 cm³/mol. The molecule has 0 spiro atoms. The summed E-state index contributed by atoms with van der Waals surface area (Å²) in [6.45, 7) is 5.66. The minimum absolute atomic E-state index is 0.487. The maximum atomic E-state index is 6.09. The Balaban J connectivity index is 1.76. The fourth-order valence-corrected chi connectivity index (χ4v) is 3.00. The number of fused-ring (bicyclic) bond motifs is 1. The Morgan fingerprint density at radius 3 is 2.61 bits per heavy atom. The van der Waals surface area contributed by atoms with E-state index in [1.54, 1.807) is 12.4 Å². The normalized spacial score (nSPS) is 11.0. The molecule has 0 aliphatic rings. The van der Waals surface area contributed by atoms with Crippen molar-refractivity contribution in [3.8, 4) is 23.0 Å². The van der Waals surface area contributed by atoms with Crippen LogP contribution in [0.2, 0.25) is 0 Å². The van der Waals surface area contributed by atoms with Crippen LogP contribution in [0.5, 0.6) is 11.6 Å². The van der Waals surface area contributed by atoms with Gasteiger partial charge in [0.05, 0.1) is 17.1 Å². The first-order valence-electron chi connectivity index (χ1n) is 8.87. The van der Waals surface area contributed by atoms with E-state index in [0.717, 1.165) is 33.5 Å². The molecule has 0 bridgehead atoms. The van der Waals surface area contributed by atoms with E-state index in [-0.39, 0.29) is 0 Å². The minimum atomic E-state index is 0.487. The van der Waals surface area contributed by atoms with Crippen LogP contribution in [0, 0.1) is 0 Å². The Morgan fingerprint density at radius 2 is 1.82 bits per heavy atom. The maximum Gasteiger partial charge on any atom is 0.219 e. The molecule has 0 aliphatic carbocycles. The average Bonchev–Trinajstić information content (AvgIpc) is 2.75. The number of ether oxygens (including phenoxy) is 1. The van der Waals surface area contributed by atoms with Crippen molar-refractivity contribution in [2.24, 2.45) is 4.99 Å². The fraction of sp³-hybridized carbons (Fsp3) is 0.0435. The molecular formula is C23H18N4O. The molecule has 5 nitrogen and oxygen atoms in total. The molecule has 4 rings (SSSR count). The minimum Gasteiger partial charge on any atom is -0.438 e. The largest absolute Gasteiger partial charge is 0.438 e. The molecule has 3 aromatic heterocycles. The molecule has 1 aromatic carbocycles. The quantitative estimate of drug-likeness (QED) is 0.416. The van der Waals surface area contributed by atoms with Crippen LogP contribution in [0.1, 0.15) is 12.5 Å². The Morgan fingerprint density at radius 1 is 0.929 bits per heavy atom. The zero-order chi connectivity index (χ0) is 19.3. The first-order valence-corrected chi connectivity index (χ1v) is 8.87. The first-order chi connectivity index (χ1) is 13.8. The topological polar surface area (TPSA) is 60.3 Å². The third-order valence-electron chi connectivity index (χ3n) is 4.25. The van der Waals surface area contributed by atoms with Crippen LogP contribution in [-0.2, 0) is 0 Å². The number of benzene rings is 1. The zero-order valence-electron chi connectivity index (χ0n) is 15.4. The van der Waals surface area contributed by atoms with Gasteiger partial charge in [-0.3, -0.25) is 15.0 Å². The molecule has 0 saturated heterocycles. The van der Waals surface area contributed by atoms with Crippen LogP contribution in [0.4, 0.5) is 5.69 Å². The van der Waals surface area contributed by atoms with Gasteiger partial charge in [-0.05, 0) is 44.0 Å². The number of aliphatic imine (C=N–C) groups is 1. The number of nitrogens with zero attached hydrogens (tertiary/aromatic N) is 4. The van der Waals surface area contributed by atoms with Crippen LogP contribution in [0.25, 0.3) is 28.4 Å². The van der Waals surface area contributed by atoms with Crippen LogP contribution in [0.3, 0.4) is 0 Å². The standard InChI is InChI=1S/C23H18N4O/c1-3-7-16-11-12-17-20(13-15-26-23(17)22(16)24-2)28-21-10-6-9-19(27-21)18-8-4-5-14-25-18/h3-15H,2H2,1H3/b7-3-. The van der Waals surface area contributed by atoms with Crippen molar-refractivity contribution in [1.29, 1.82) is 0 Å². The Bertz CT molecular complexity index is 1170. The number of hydrogen-bond acceptors (Lipinski definition) is 5. The summed E-state index contributed by atoms with van der Waals surface area (Å²) < 4.78 is 6.09. The zero-order valence-corrected chi connectivity index (χ0v) is 15.4. The van der Waals surface area contributed by atoms with E-state index in [2.05, 4.69) is 26.7 Å². The van der Waals surface area contributed by atoms with Crippen molar-refractivity contribution in [2.45, 2.75) is 6.92 Å². The first kappa shape index (κ1) is 17.5. The highest BCUT2D eigenvalue weighted by Gasteiger charge is 2.11. The number of hydrogen-bond donors (Lipinski definition) is 0. The predicted octanol–water partition coefficient (Wildman–Crippen LogP) is 5.85. The molecule has 0 unspecified atom stereocenters. The molecular weight excluding hydrogens is 348 g/mol. The summed E-state index contributed by atoms with van der Waals surface area (Å²) in [7, 11) is 0. The highest BCUT2D eigenvalue weighted by Crippen LogP contribution is 2.35. The molecule has 28 heavy (non-hydrogen) atoms. The summed E-state index contributed by atoms with van der Waals surface area (Å²) >= 11 is 0. The SMILES string of the molecule is C=Nc1c(/C=C\C)ccc2c(Oc3cccc(-c4ccccn4)n3)ccnc12. The van der Waals surface area contributed by atoms with Gasteiger partial charge in [-0.2, -0.15) is 0 Å². The highest BCUT2D eigenvalue weighted by molar-refractivity contribution is 5.97. The molecule has 136 valence electrons. The van der Waals surface area contributed by atoms with Crippen LogP contribution in [0.15, 0.2) is 78.1 Å². The second kappa shape index (κ2) is 7.80. The number of pyridine rings is 3. The van der Waals surface area contributed by atoms with Crippen molar-refractivity contribution in [2.75, 3.05) is 0 Å². The summed E-state index contributed by atoms with van der Waals surface area (Å²) in [5.41, 5.74) is 3.98. The summed E-state index contributed by atoms with van der Waals surface area (Å²) in [6.07, 6.45) is 7.39. The lowest BCUT2D eigenvalue weighted by molar-refractivity contribution is 0.468. The van der Waals surface area contributed by atoms with Crippen LogP contribution < -0.4 is 4.74 Å². The lowest BCUT2D eigenvalue weighted by atomic mass is 10.1. The van der Waals surface area contributed by atoms with Gasteiger partial charge >= 0.3 is 0 Å². The van der Waals surface area contributed by atoms with E-state index in [1.165, 1.54) is 0 Å². The van der Waals surface area contributed by atoms with Crippen molar-refractivity contribution >= 4 is 29.4 Å². The van der Waals surface area contributed by atoms with Gasteiger partial charge in [0.15, 0.2) is 0 Å². The van der Waals surface area contributed by atoms with Gasteiger partial charge < -0.3 is 4.74 Å². The van der Waals surface area contributed by atoms with Gasteiger partial charge in [-0.15, -0.1) is 0 Å². The van der Waals surface area contributed by atoms with Gasteiger partial charge in [0.25, 0.3) is 0 Å². The summed E-state index contributed by atoms with van der Waals surface area (Å²) in [5, 5.41) is 0.850. The van der Waals surface area contributed by atoms with Gasteiger partial charge in [-0.1, -0.05) is 30.4 Å². The third kappa shape index (κ3) is 3.38. The molecule has 0 saturated carbocycles. The molecule has 0 fully saturated rings. The molecule has 0 N–H and O–H groups in total. The summed E-state index contributed by atoms with van der Waals surface area (Å²) in [4.78, 5) is 17.6. The molecule has 5 heteroatoms. The van der Waals surface area contributed by atoms with Crippen molar-refractivity contribution in [1.82, 2.24) is 15.0 Å². The van der Waals surface area contributed by atoms with Gasteiger partial charge in [0.2, 0.25) is 5.88 Å². The van der Waals surface area contributed by atoms with E-state index in [9.17, 15) is 0 Å². The smallest absolute Gasteiger partial charge is 0.219 e. The van der Waals surface area contributed by atoms with Crippen molar-refractivity contribution < 1.29 is 4.74 Å². The molecule has 0 radical (unpaired) electrons. The summed E-state index contributed by atoms with van der Waals surface area (Å²) in [6, 6.07) is 17.1. The van der Waals surface area contributed by atoms with Crippen LogP contribution in [-0.4, -0.2) is 21.7 Å². The van der Waals surface area contributed by atoms with Crippen molar-refractivity contribution in [3.63, 3.8) is 0 Å². The van der Waals surface area contributed by atoms with Crippen LogP contribution >= 0.6 is 0 Å².